The van der Waals surface area contributed by atoms with E-state index in [2.05, 4.69) is 15.5 Å². The molecule has 1 amide bonds. The molecule has 2 aliphatic rings. The lowest BCUT2D eigenvalue weighted by molar-refractivity contribution is -0.121. The highest BCUT2D eigenvalue weighted by atomic mass is 32.2. The summed E-state index contributed by atoms with van der Waals surface area (Å²) in [7, 11) is -3.64. The van der Waals surface area contributed by atoms with Crippen molar-refractivity contribution in [3.05, 3.63) is 36.9 Å². The van der Waals surface area contributed by atoms with Crippen molar-refractivity contribution in [2.45, 2.75) is 36.4 Å². The number of nitrogens with one attached hydrogen (secondary N) is 1. The Morgan fingerprint density at radius 1 is 1.27 bits per heavy atom. The van der Waals surface area contributed by atoms with Gasteiger partial charge in [0.1, 0.15) is 29.9 Å². The van der Waals surface area contributed by atoms with Crippen LogP contribution in [0.25, 0.3) is 0 Å². The number of sulfonamides is 1. The first kappa shape index (κ1) is 17.0. The molecule has 0 spiro atoms. The quantitative estimate of drug-likeness (QED) is 0.804. The molecule has 138 valence electrons. The molecule has 0 unspecified atom stereocenters. The summed E-state index contributed by atoms with van der Waals surface area (Å²) < 4.78 is 34.7. The van der Waals surface area contributed by atoms with Gasteiger partial charge in [-0.2, -0.15) is 4.31 Å². The van der Waals surface area contributed by atoms with Crippen LogP contribution in [0.3, 0.4) is 0 Å². The van der Waals surface area contributed by atoms with Crippen LogP contribution in [-0.2, 0) is 21.4 Å². The first-order chi connectivity index (χ1) is 12.5. The van der Waals surface area contributed by atoms with Crippen LogP contribution in [-0.4, -0.2) is 58.6 Å². The Balaban J connectivity index is 1.42. The third-order valence-corrected chi connectivity index (χ3v) is 6.62. The zero-order chi connectivity index (χ0) is 18.1. The van der Waals surface area contributed by atoms with E-state index < -0.39 is 10.0 Å². The number of rotatable bonds is 4. The number of hydrogen-bond donors (Lipinski definition) is 1. The molecule has 3 heterocycles. The molecule has 1 aromatic heterocycles. The van der Waals surface area contributed by atoms with Gasteiger partial charge in [0.2, 0.25) is 15.9 Å². The van der Waals surface area contributed by atoms with E-state index in [0.717, 1.165) is 0 Å². The molecule has 1 N–H and O–H groups in total. The van der Waals surface area contributed by atoms with Crippen LogP contribution in [0.5, 0.6) is 5.75 Å². The van der Waals surface area contributed by atoms with E-state index in [-0.39, 0.29) is 42.5 Å². The van der Waals surface area contributed by atoms with E-state index in [4.69, 9.17) is 4.74 Å². The molecule has 0 saturated carbocycles. The largest absolute Gasteiger partial charge is 0.490 e. The van der Waals surface area contributed by atoms with Gasteiger partial charge in [-0.05, 0) is 18.6 Å². The Morgan fingerprint density at radius 3 is 2.85 bits per heavy atom. The fraction of sp³-hybridized carbons (Fsp3) is 0.438. The zero-order valence-electron chi connectivity index (χ0n) is 14.0. The van der Waals surface area contributed by atoms with E-state index >= 15 is 0 Å². The minimum absolute atomic E-state index is 0.125. The van der Waals surface area contributed by atoms with Gasteiger partial charge in [0, 0.05) is 25.6 Å². The van der Waals surface area contributed by atoms with Gasteiger partial charge in [0.15, 0.2) is 0 Å². The minimum atomic E-state index is -3.64. The first-order valence-electron chi connectivity index (χ1n) is 8.39. The van der Waals surface area contributed by atoms with Gasteiger partial charge >= 0.3 is 0 Å². The van der Waals surface area contributed by atoms with Crippen molar-refractivity contribution in [2.24, 2.45) is 0 Å². The van der Waals surface area contributed by atoms with E-state index in [1.807, 2.05) is 0 Å². The van der Waals surface area contributed by atoms with Crippen LogP contribution in [0.15, 0.2) is 41.8 Å². The van der Waals surface area contributed by atoms with Crippen molar-refractivity contribution < 1.29 is 17.9 Å². The Hall–Kier alpha value is -2.46. The number of aryl methyl sites for hydroxylation is 1. The number of ether oxygens (including phenoxy) is 1. The minimum Gasteiger partial charge on any atom is -0.490 e. The molecule has 1 fully saturated rings. The second-order valence-corrected chi connectivity index (χ2v) is 8.30. The molecule has 2 atom stereocenters. The molecule has 0 aliphatic carbocycles. The van der Waals surface area contributed by atoms with Gasteiger partial charge in [-0.3, -0.25) is 4.79 Å². The molecule has 2 aliphatic heterocycles. The first-order valence-corrected chi connectivity index (χ1v) is 9.83. The molecule has 0 radical (unpaired) electrons. The maximum Gasteiger partial charge on any atom is 0.247 e. The molecule has 0 bridgehead atoms. The van der Waals surface area contributed by atoms with E-state index in [1.54, 1.807) is 41.5 Å². The number of fused-ring (bicyclic) bond motifs is 2. The van der Waals surface area contributed by atoms with E-state index in [9.17, 15) is 13.2 Å². The summed E-state index contributed by atoms with van der Waals surface area (Å²) in [6.07, 6.45) is 3.92. The van der Waals surface area contributed by atoms with Crippen molar-refractivity contribution >= 4 is 15.9 Å². The molecular weight excluding hydrogens is 358 g/mol. The van der Waals surface area contributed by atoms with Gasteiger partial charge in [-0.15, -0.1) is 10.2 Å². The third kappa shape index (κ3) is 3.17. The van der Waals surface area contributed by atoms with Crippen LogP contribution in [0, 0.1) is 0 Å². The van der Waals surface area contributed by atoms with E-state index in [0.29, 0.717) is 18.7 Å². The lowest BCUT2D eigenvalue weighted by atomic mass is 10.2. The van der Waals surface area contributed by atoms with Crippen LogP contribution in [0.2, 0.25) is 0 Å². The third-order valence-electron chi connectivity index (χ3n) is 4.66. The Kier molecular flexibility index (Phi) is 4.37. The second-order valence-electron chi connectivity index (χ2n) is 6.44. The summed E-state index contributed by atoms with van der Waals surface area (Å²) in [5, 5.41) is 10.3. The Labute approximate surface area is 151 Å². The fourth-order valence-electron chi connectivity index (χ4n) is 3.40. The highest BCUT2D eigenvalue weighted by molar-refractivity contribution is 7.89. The maximum absolute atomic E-state index is 12.9. The molecular formula is C16H19N5O4S. The van der Waals surface area contributed by atoms with Gasteiger partial charge < -0.3 is 14.6 Å². The van der Waals surface area contributed by atoms with Gasteiger partial charge in [-0.25, -0.2) is 8.42 Å². The van der Waals surface area contributed by atoms with Crippen molar-refractivity contribution in [2.75, 3.05) is 13.2 Å². The summed E-state index contributed by atoms with van der Waals surface area (Å²) in [5.41, 5.74) is 0. The second kappa shape index (κ2) is 6.69. The number of nitrogens with zero attached hydrogens (tertiary/aromatic N) is 4. The monoisotopic (exact) mass is 377 g/mol. The fourth-order valence-corrected chi connectivity index (χ4v) is 5.20. The average Bonchev–Trinajstić information content (AvgIpc) is 3.26. The summed E-state index contributed by atoms with van der Waals surface area (Å²) in [4.78, 5) is 12.3. The molecule has 10 heteroatoms. The highest BCUT2D eigenvalue weighted by Crippen LogP contribution is 2.35. The summed E-state index contributed by atoms with van der Waals surface area (Å²) in [6.45, 7) is 1.01. The number of carbonyl (C=O) groups excluding carboxylic acids is 1. The number of carbonyl (C=O) groups is 1. The SMILES string of the molecule is O=C(CCn1cnnc1)N[C@H]1C[C@H]2COc3ccccc3S(=O)(=O)N2C1. The lowest BCUT2D eigenvalue weighted by Gasteiger charge is -2.19. The Bertz CT molecular complexity index is 899. The Morgan fingerprint density at radius 2 is 2.04 bits per heavy atom. The zero-order valence-corrected chi connectivity index (χ0v) is 14.8. The number of para-hydroxylation sites is 1. The van der Waals surface area contributed by atoms with Crippen LogP contribution in [0.4, 0.5) is 0 Å². The van der Waals surface area contributed by atoms with Crippen LogP contribution in [0.1, 0.15) is 12.8 Å². The normalized spacial score (nSPS) is 24.2. The number of aromatic nitrogens is 3. The topological polar surface area (TPSA) is 106 Å². The predicted molar refractivity (Wildman–Crippen MR) is 90.8 cm³/mol. The van der Waals surface area contributed by atoms with Crippen LogP contribution >= 0.6 is 0 Å². The number of hydrogen-bond acceptors (Lipinski definition) is 6. The predicted octanol–water partition coefficient (Wildman–Crippen LogP) is 0.00860. The van der Waals surface area contributed by atoms with Crippen molar-refractivity contribution in [3.8, 4) is 5.75 Å². The molecule has 9 nitrogen and oxygen atoms in total. The smallest absolute Gasteiger partial charge is 0.247 e. The molecule has 26 heavy (non-hydrogen) atoms. The summed E-state index contributed by atoms with van der Waals surface area (Å²) >= 11 is 0. The molecule has 2 aromatic rings. The molecule has 1 aromatic carbocycles. The van der Waals surface area contributed by atoms with Crippen LogP contribution < -0.4 is 10.1 Å². The van der Waals surface area contributed by atoms with Gasteiger partial charge in [0.25, 0.3) is 0 Å². The van der Waals surface area contributed by atoms with Crippen molar-refractivity contribution in [3.63, 3.8) is 0 Å². The molecule has 4 rings (SSSR count). The standard InChI is InChI=1S/C16H19N5O4S/c22-16(5-6-20-10-17-18-11-20)19-12-7-13-9-25-14-3-1-2-4-15(14)26(23,24)21(13)8-12/h1-4,10-13H,5-9H2,(H,19,22)/t12-,13-/m0/s1. The maximum atomic E-state index is 12.9. The lowest BCUT2D eigenvalue weighted by Crippen LogP contribution is -2.39. The molecule has 1 saturated heterocycles. The van der Waals surface area contributed by atoms with Gasteiger partial charge in [-0.1, -0.05) is 12.1 Å². The van der Waals surface area contributed by atoms with E-state index in [1.165, 1.54) is 4.31 Å². The highest BCUT2D eigenvalue weighted by Gasteiger charge is 2.43. The average molecular weight is 377 g/mol. The van der Waals surface area contributed by atoms with Crippen molar-refractivity contribution in [1.82, 2.24) is 24.4 Å². The van der Waals surface area contributed by atoms with Crippen molar-refractivity contribution in [1.29, 1.82) is 0 Å². The number of amides is 1. The summed E-state index contributed by atoms with van der Waals surface area (Å²) in [5.74, 6) is 0.261. The summed E-state index contributed by atoms with van der Waals surface area (Å²) in [6, 6.07) is 6.15. The number of benzene rings is 1. The van der Waals surface area contributed by atoms with Gasteiger partial charge in [0.05, 0.1) is 6.04 Å².